The van der Waals surface area contributed by atoms with Crippen LogP contribution in [0, 0.1) is 0 Å². The van der Waals surface area contributed by atoms with E-state index in [-0.39, 0.29) is 21.3 Å². The Labute approximate surface area is 127 Å². The first kappa shape index (κ1) is 16.8. The van der Waals surface area contributed by atoms with Crippen LogP contribution in [-0.4, -0.2) is 22.5 Å². The van der Waals surface area contributed by atoms with E-state index < -0.39 is 17.4 Å². The van der Waals surface area contributed by atoms with E-state index in [1.165, 1.54) is 12.1 Å². The number of carbonyl (C=O) groups excluding carboxylic acids is 1. The van der Waals surface area contributed by atoms with Crippen molar-refractivity contribution in [3.05, 3.63) is 27.7 Å². The highest BCUT2D eigenvalue weighted by Crippen LogP contribution is 2.32. The van der Waals surface area contributed by atoms with Crippen molar-refractivity contribution in [1.29, 1.82) is 0 Å². The van der Waals surface area contributed by atoms with Gasteiger partial charge < -0.3 is 16.2 Å². The molecule has 1 aromatic rings. The van der Waals surface area contributed by atoms with Gasteiger partial charge in [-0.25, -0.2) is 4.79 Å². The Hall–Kier alpha value is -1.30. The Morgan fingerprint density at radius 2 is 1.85 bits per heavy atom. The Morgan fingerprint density at radius 1 is 1.35 bits per heavy atom. The summed E-state index contributed by atoms with van der Waals surface area (Å²) in [5.41, 5.74) is 4.97. The Morgan fingerprint density at radius 3 is 2.25 bits per heavy atom. The molecule has 0 radical (unpaired) electrons. The molecule has 0 saturated heterocycles. The molecule has 0 aliphatic carbocycles. The molecule has 0 heterocycles. The van der Waals surface area contributed by atoms with Crippen molar-refractivity contribution in [2.24, 2.45) is 5.73 Å². The number of amides is 1. The van der Waals surface area contributed by atoms with E-state index in [1.807, 2.05) is 6.92 Å². The molecule has 110 valence electrons. The minimum absolute atomic E-state index is 0.0514. The van der Waals surface area contributed by atoms with Crippen molar-refractivity contribution in [2.75, 3.05) is 5.32 Å². The fourth-order valence-corrected chi connectivity index (χ4v) is 2.29. The third-order valence-electron chi connectivity index (χ3n) is 2.82. The van der Waals surface area contributed by atoms with E-state index in [0.717, 1.165) is 6.42 Å². The lowest BCUT2D eigenvalue weighted by atomic mass is 9.96. The number of carboxylic acid groups (broad SMARTS) is 1. The molecule has 1 atom stereocenters. The summed E-state index contributed by atoms with van der Waals surface area (Å²) in [4.78, 5) is 22.9. The second-order valence-electron chi connectivity index (χ2n) is 4.74. The number of carbonyl (C=O) groups is 2. The monoisotopic (exact) mass is 318 g/mol. The molecule has 1 aromatic carbocycles. The average Bonchev–Trinajstić information content (AvgIpc) is 2.32. The number of hydrogen-bond acceptors (Lipinski definition) is 3. The molecular weight excluding hydrogens is 303 g/mol. The maximum absolute atomic E-state index is 12.1. The summed E-state index contributed by atoms with van der Waals surface area (Å²) in [6, 6.07) is 2.44. The van der Waals surface area contributed by atoms with Crippen molar-refractivity contribution in [2.45, 2.75) is 32.2 Å². The molecule has 1 rings (SSSR count). The van der Waals surface area contributed by atoms with Gasteiger partial charge in [-0.05, 0) is 25.5 Å². The molecule has 0 fully saturated rings. The number of benzene rings is 1. The second kappa shape index (κ2) is 6.43. The molecule has 0 bridgehead atoms. The third kappa shape index (κ3) is 3.85. The molecule has 7 heteroatoms. The molecule has 20 heavy (non-hydrogen) atoms. The summed E-state index contributed by atoms with van der Waals surface area (Å²) in [7, 11) is 0. The lowest BCUT2D eigenvalue weighted by Gasteiger charge is -2.23. The third-order valence-corrected chi connectivity index (χ3v) is 3.41. The number of carboxylic acids is 1. The van der Waals surface area contributed by atoms with Gasteiger partial charge in [0.05, 0.1) is 26.8 Å². The van der Waals surface area contributed by atoms with Crippen LogP contribution in [0.5, 0.6) is 0 Å². The van der Waals surface area contributed by atoms with E-state index in [2.05, 4.69) is 5.32 Å². The van der Waals surface area contributed by atoms with Crippen molar-refractivity contribution >= 4 is 40.8 Å². The highest BCUT2D eigenvalue weighted by Gasteiger charge is 2.28. The first-order chi connectivity index (χ1) is 9.19. The summed E-state index contributed by atoms with van der Waals surface area (Å²) < 4.78 is 0. The number of nitrogens with two attached hydrogens (primary N) is 1. The largest absolute Gasteiger partial charge is 0.478 e. The van der Waals surface area contributed by atoms with Gasteiger partial charge in [0.15, 0.2) is 0 Å². The minimum Gasteiger partial charge on any atom is -0.478 e. The Bertz CT molecular complexity index is 521. The van der Waals surface area contributed by atoms with Gasteiger partial charge in [0, 0.05) is 0 Å². The van der Waals surface area contributed by atoms with Gasteiger partial charge in [0.2, 0.25) is 5.91 Å². The average molecular weight is 319 g/mol. The van der Waals surface area contributed by atoms with Crippen LogP contribution in [0.1, 0.15) is 37.0 Å². The zero-order valence-corrected chi connectivity index (χ0v) is 12.7. The van der Waals surface area contributed by atoms with Crippen molar-refractivity contribution in [1.82, 2.24) is 0 Å². The number of rotatable bonds is 5. The molecular formula is C13H16Cl2N2O3. The lowest BCUT2D eigenvalue weighted by Crippen LogP contribution is -2.48. The SMILES string of the molecule is CCCC(C)(N)C(=O)Nc1c(Cl)cc(C(=O)O)cc1Cl. The molecule has 0 aromatic heterocycles. The second-order valence-corrected chi connectivity index (χ2v) is 5.56. The van der Waals surface area contributed by atoms with Gasteiger partial charge in [-0.3, -0.25) is 4.79 Å². The number of hydrogen-bond donors (Lipinski definition) is 3. The highest BCUT2D eigenvalue weighted by atomic mass is 35.5. The van der Waals surface area contributed by atoms with Gasteiger partial charge in [0.25, 0.3) is 0 Å². The standard InChI is InChI=1S/C13H16Cl2N2O3/c1-3-4-13(2,16)12(20)17-10-8(14)5-7(11(18)19)6-9(10)15/h5-6H,3-4,16H2,1-2H3,(H,17,20)(H,18,19). The maximum atomic E-state index is 12.1. The predicted octanol–water partition coefficient (Wildman–Crippen LogP) is 3.15. The molecule has 0 spiro atoms. The van der Waals surface area contributed by atoms with Gasteiger partial charge in [0.1, 0.15) is 0 Å². The fraction of sp³-hybridized carbons (Fsp3) is 0.385. The Kier molecular flexibility index (Phi) is 5.39. The zero-order chi connectivity index (χ0) is 15.5. The summed E-state index contributed by atoms with van der Waals surface area (Å²) in [5.74, 6) is -1.58. The minimum atomic E-state index is -1.15. The molecule has 0 aliphatic rings. The van der Waals surface area contributed by atoms with Crippen LogP contribution in [0.4, 0.5) is 5.69 Å². The number of anilines is 1. The maximum Gasteiger partial charge on any atom is 0.335 e. The molecule has 1 unspecified atom stereocenters. The molecule has 4 N–H and O–H groups in total. The number of aromatic carboxylic acids is 1. The normalized spacial score (nSPS) is 13.7. The van der Waals surface area contributed by atoms with Crippen molar-refractivity contribution < 1.29 is 14.7 Å². The lowest BCUT2D eigenvalue weighted by molar-refractivity contribution is -0.120. The first-order valence-corrected chi connectivity index (χ1v) is 6.77. The fourth-order valence-electron chi connectivity index (χ4n) is 1.71. The van der Waals surface area contributed by atoms with Gasteiger partial charge in [-0.2, -0.15) is 0 Å². The van der Waals surface area contributed by atoms with Crippen LogP contribution < -0.4 is 11.1 Å². The molecule has 0 aliphatic heterocycles. The predicted molar refractivity (Wildman–Crippen MR) is 79.6 cm³/mol. The summed E-state index contributed by atoms with van der Waals surface area (Å²) in [5, 5.41) is 11.5. The number of nitrogens with one attached hydrogen (secondary N) is 1. The van der Waals surface area contributed by atoms with Gasteiger partial charge in [-0.15, -0.1) is 0 Å². The quantitative estimate of drug-likeness (QED) is 0.777. The highest BCUT2D eigenvalue weighted by molar-refractivity contribution is 6.40. The van der Waals surface area contributed by atoms with Crippen molar-refractivity contribution in [3.63, 3.8) is 0 Å². The van der Waals surface area contributed by atoms with E-state index >= 15 is 0 Å². The topological polar surface area (TPSA) is 92.4 Å². The van der Waals surface area contributed by atoms with Crippen LogP contribution in [0.15, 0.2) is 12.1 Å². The molecule has 5 nitrogen and oxygen atoms in total. The van der Waals surface area contributed by atoms with Crippen LogP contribution >= 0.6 is 23.2 Å². The van der Waals surface area contributed by atoms with Gasteiger partial charge >= 0.3 is 5.97 Å². The zero-order valence-electron chi connectivity index (χ0n) is 11.2. The smallest absolute Gasteiger partial charge is 0.335 e. The van der Waals surface area contributed by atoms with Gasteiger partial charge in [-0.1, -0.05) is 36.5 Å². The molecule has 0 saturated carbocycles. The number of halogens is 2. The van der Waals surface area contributed by atoms with E-state index in [0.29, 0.717) is 6.42 Å². The summed E-state index contributed by atoms with van der Waals surface area (Å²) in [6.45, 7) is 3.53. The van der Waals surface area contributed by atoms with Crippen LogP contribution in [0.25, 0.3) is 0 Å². The van der Waals surface area contributed by atoms with Crippen LogP contribution in [0.3, 0.4) is 0 Å². The summed E-state index contributed by atoms with van der Waals surface area (Å²) >= 11 is 11.9. The first-order valence-electron chi connectivity index (χ1n) is 6.01. The van der Waals surface area contributed by atoms with Crippen LogP contribution in [0.2, 0.25) is 10.0 Å². The van der Waals surface area contributed by atoms with E-state index in [1.54, 1.807) is 6.92 Å². The summed E-state index contributed by atoms with van der Waals surface area (Å²) in [6.07, 6.45) is 1.25. The molecule has 1 amide bonds. The van der Waals surface area contributed by atoms with E-state index in [9.17, 15) is 9.59 Å². The van der Waals surface area contributed by atoms with Crippen LogP contribution in [-0.2, 0) is 4.79 Å². The van der Waals surface area contributed by atoms with Crippen molar-refractivity contribution in [3.8, 4) is 0 Å². The van der Waals surface area contributed by atoms with E-state index in [4.69, 9.17) is 34.0 Å². The Balaban J connectivity index is 3.05.